The molecule has 1 aliphatic rings. The number of aromatic nitrogens is 3. The molecule has 27 heavy (non-hydrogen) atoms. The summed E-state index contributed by atoms with van der Waals surface area (Å²) in [6.07, 6.45) is 4.31. The third-order valence-corrected chi connectivity index (χ3v) is 5.55. The van der Waals surface area contributed by atoms with Gasteiger partial charge in [0.15, 0.2) is 0 Å². The van der Waals surface area contributed by atoms with Crippen LogP contribution in [0.25, 0.3) is 10.8 Å². The summed E-state index contributed by atoms with van der Waals surface area (Å²) >= 11 is 0. The Balaban J connectivity index is 2.00. The van der Waals surface area contributed by atoms with E-state index in [4.69, 9.17) is 10.5 Å². The molecule has 0 atom stereocenters. The van der Waals surface area contributed by atoms with Gasteiger partial charge in [-0.2, -0.15) is 5.10 Å². The molecule has 1 aromatic heterocycles. The first-order valence-corrected chi connectivity index (χ1v) is 8.94. The fourth-order valence-electron chi connectivity index (χ4n) is 4.02. The van der Waals surface area contributed by atoms with E-state index in [9.17, 15) is 9.59 Å². The Bertz CT molecular complexity index is 1050. The molecular formula is C20H20N4O3. The molecular weight excluding hydrogens is 344 g/mol. The van der Waals surface area contributed by atoms with Gasteiger partial charge in [0.2, 0.25) is 5.91 Å². The lowest BCUT2D eigenvalue weighted by Crippen LogP contribution is -2.32. The molecule has 138 valence electrons. The highest BCUT2D eigenvalue weighted by atomic mass is 16.5. The van der Waals surface area contributed by atoms with Crippen molar-refractivity contribution in [2.24, 2.45) is 5.73 Å². The zero-order chi connectivity index (χ0) is 19.2. The van der Waals surface area contributed by atoms with Gasteiger partial charge in [0.1, 0.15) is 18.4 Å². The van der Waals surface area contributed by atoms with E-state index in [2.05, 4.69) is 10.1 Å². The molecule has 0 radical (unpaired) electrons. The number of nitrogens with zero attached hydrogens (tertiary/aromatic N) is 3. The van der Waals surface area contributed by atoms with Crippen molar-refractivity contribution in [2.75, 3.05) is 0 Å². The molecule has 2 heterocycles. The highest BCUT2D eigenvalue weighted by molar-refractivity contribution is 6.04. The zero-order valence-electron chi connectivity index (χ0n) is 15.2. The highest BCUT2D eigenvalue weighted by Gasteiger charge is 2.47. The van der Waals surface area contributed by atoms with Gasteiger partial charge >= 0.3 is 5.97 Å². The summed E-state index contributed by atoms with van der Waals surface area (Å²) in [5.74, 6) is -0.126. The number of hydrogen-bond donors (Lipinski definition) is 1. The maximum Gasteiger partial charge on any atom is 0.322 e. The molecule has 4 rings (SSSR count). The molecule has 0 aliphatic carbocycles. The third kappa shape index (κ3) is 2.50. The van der Waals surface area contributed by atoms with Gasteiger partial charge in [-0.1, -0.05) is 19.9 Å². The van der Waals surface area contributed by atoms with Crippen molar-refractivity contribution in [3.05, 3.63) is 53.6 Å². The van der Waals surface area contributed by atoms with Crippen LogP contribution in [0.5, 0.6) is 5.75 Å². The van der Waals surface area contributed by atoms with Crippen molar-refractivity contribution in [2.45, 2.75) is 38.6 Å². The van der Waals surface area contributed by atoms with Crippen LogP contribution in [0.3, 0.4) is 0 Å². The van der Waals surface area contributed by atoms with Gasteiger partial charge in [0.05, 0.1) is 12.0 Å². The lowest BCUT2D eigenvalue weighted by Gasteiger charge is -2.24. The number of fused-ring (bicyclic) bond motifs is 3. The average Bonchev–Trinajstić information content (AvgIpc) is 3.26. The minimum absolute atomic E-state index is 0.216. The molecule has 0 bridgehead atoms. The second-order valence-corrected chi connectivity index (χ2v) is 6.81. The van der Waals surface area contributed by atoms with Gasteiger partial charge in [-0.05, 0) is 47.4 Å². The second-order valence-electron chi connectivity index (χ2n) is 6.81. The van der Waals surface area contributed by atoms with Crippen molar-refractivity contribution in [3.8, 4) is 5.75 Å². The van der Waals surface area contributed by atoms with Crippen LogP contribution in [0.1, 0.15) is 48.2 Å². The molecule has 1 aliphatic heterocycles. The standard InChI is InChI=1S/C20H20N4O3/c1-3-20(4-2)17-14-8-13(9-24-11-22-10-23-24)15(18(21)25)7-12(14)5-6-16(17)27-19(20)26/h5-8,10-11H,3-4,9H2,1-2H3,(H2,21,25). The Morgan fingerprint density at radius 2 is 2.04 bits per heavy atom. The molecule has 1 amide bonds. The maximum atomic E-state index is 12.7. The molecule has 0 saturated carbocycles. The largest absolute Gasteiger partial charge is 0.426 e. The van der Waals surface area contributed by atoms with Crippen LogP contribution >= 0.6 is 0 Å². The predicted molar refractivity (Wildman–Crippen MR) is 99.5 cm³/mol. The van der Waals surface area contributed by atoms with Crippen molar-refractivity contribution >= 4 is 22.6 Å². The smallest absolute Gasteiger partial charge is 0.322 e. The number of amides is 1. The molecule has 0 spiro atoms. The summed E-state index contributed by atoms with van der Waals surface area (Å²) in [7, 11) is 0. The number of hydrogen-bond acceptors (Lipinski definition) is 5. The Hall–Kier alpha value is -3.22. The fourth-order valence-corrected chi connectivity index (χ4v) is 4.02. The van der Waals surface area contributed by atoms with Crippen LogP contribution in [-0.2, 0) is 16.8 Å². The van der Waals surface area contributed by atoms with E-state index in [0.29, 0.717) is 30.7 Å². The Morgan fingerprint density at radius 1 is 1.26 bits per heavy atom. The summed E-state index contributed by atoms with van der Waals surface area (Å²) in [5, 5.41) is 5.87. The molecule has 7 heteroatoms. The van der Waals surface area contributed by atoms with Gasteiger partial charge in [0.25, 0.3) is 0 Å². The molecule has 0 saturated heterocycles. The van der Waals surface area contributed by atoms with Gasteiger partial charge in [-0.25, -0.2) is 9.67 Å². The number of esters is 1. The van der Waals surface area contributed by atoms with Gasteiger partial charge in [-0.3, -0.25) is 9.59 Å². The third-order valence-electron chi connectivity index (χ3n) is 5.55. The average molecular weight is 364 g/mol. The summed E-state index contributed by atoms with van der Waals surface area (Å²) in [6.45, 7) is 4.34. The Labute approximate surface area is 156 Å². The number of ether oxygens (including phenoxy) is 1. The van der Waals surface area contributed by atoms with Crippen LogP contribution < -0.4 is 10.5 Å². The van der Waals surface area contributed by atoms with Crippen molar-refractivity contribution in [1.82, 2.24) is 14.8 Å². The first-order valence-electron chi connectivity index (χ1n) is 8.94. The predicted octanol–water partition coefficient (Wildman–Crippen LogP) is 2.56. The Morgan fingerprint density at radius 3 is 2.67 bits per heavy atom. The minimum Gasteiger partial charge on any atom is -0.426 e. The van der Waals surface area contributed by atoms with Crippen LogP contribution in [0.15, 0.2) is 36.9 Å². The van der Waals surface area contributed by atoms with Crippen LogP contribution in [-0.4, -0.2) is 26.6 Å². The minimum atomic E-state index is -0.673. The zero-order valence-corrected chi connectivity index (χ0v) is 15.2. The molecule has 2 N–H and O–H groups in total. The second kappa shape index (κ2) is 6.19. The monoisotopic (exact) mass is 364 g/mol. The number of benzene rings is 2. The van der Waals surface area contributed by atoms with E-state index in [1.54, 1.807) is 23.1 Å². The molecule has 2 aromatic carbocycles. The SMILES string of the molecule is CCC1(CC)C(=O)Oc2ccc3cc(C(N)=O)c(Cn4cncn4)cc3c21. The van der Waals surface area contributed by atoms with Crippen molar-refractivity contribution in [3.63, 3.8) is 0 Å². The lowest BCUT2D eigenvalue weighted by atomic mass is 9.75. The summed E-state index contributed by atoms with van der Waals surface area (Å²) in [5.41, 5.74) is 7.00. The summed E-state index contributed by atoms with van der Waals surface area (Å²) < 4.78 is 7.21. The summed E-state index contributed by atoms with van der Waals surface area (Å²) in [6, 6.07) is 7.36. The van der Waals surface area contributed by atoms with E-state index in [1.807, 2.05) is 26.0 Å². The summed E-state index contributed by atoms with van der Waals surface area (Å²) in [4.78, 5) is 28.6. The van der Waals surface area contributed by atoms with Crippen LogP contribution in [0, 0.1) is 0 Å². The van der Waals surface area contributed by atoms with E-state index >= 15 is 0 Å². The Kier molecular flexibility index (Phi) is 3.95. The highest BCUT2D eigenvalue weighted by Crippen LogP contribution is 2.48. The number of carbonyl (C=O) groups is 2. The van der Waals surface area contributed by atoms with E-state index < -0.39 is 11.3 Å². The van der Waals surface area contributed by atoms with E-state index in [0.717, 1.165) is 21.9 Å². The molecule has 0 fully saturated rings. The molecule has 3 aromatic rings. The van der Waals surface area contributed by atoms with Crippen molar-refractivity contribution in [1.29, 1.82) is 0 Å². The number of nitrogens with two attached hydrogens (primary N) is 1. The van der Waals surface area contributed by atoms with E-state index in [1.165, 1.54) is 6.33 Å². The van der Waals surface area contributed by atoms with Crippen LogP contribution in [0.4, 0.5) is 0 Å². The van der Waals surface area contributed by atoms with Gasteiger partial charge in [0, 0.05) is 11.1 Å². The first kappa shape index (κ1) is 17.2. The topological polar surface area (TPSA) is 100 Å². The molecule has 7 nitrogen and oxygen atoms in total. The lowest BCUT2D eigenvalue weighted by molar-refractivity contribution is -0.138. The number of rotatable bonds is 5. The van der Waals surface area contributed by atoms with E-state index in [-0.39, 0.29) is 5.97 Å². The molecule has 0 unspecified atom stereocenters. The van der Waals surface area contributed by atoms with Gasteiger partial charge < -0.3 is 10.5 Å². The quantitative estimate of drug-likeness (QED) is 0.554. The van der Waals surface area contributed by atoms with Crippen LogP contribution in [0.2, 0.25) is 0 Å². The first-order chi connectivity index (χ1) is 13.0. The number of primary amides is 1. The normalized spacial score (nSPS) is 15.0. The van der Waals surface area contributed by atoms with Gasteiger partial charge in [-0.15, -0.1) is 0 Å². The number of carbonyl (C=O) groups excluding carboxylic acids is 2. The fraction of sp³-hybridized carbons (Fsp3) is 0.300. The maximum absolute atomic E-state index is 12.7. The van der Waals surface area contributed by atoms with Crippen molar-refractivity contribution < 1.29 is 14.3 Å².